The molecule has 9 nitrogen and oxygen atoms in total. The standard InChI is InChI=1S/C23H21F2N3O6/c1-11-10-34-21-18(25)16(24)7-14-19(21)28(11)8-15(20(14)30)22(31)27-17(9-29)23(32)26-12-3-5-13(33-2)6-4-12/h3-8,11,17,29H,9-10H2,1-2H3,(H,26,32)(H,27,31). The predicted octanol–water partition coefficient (Wildman–Crippen LogP) is 1.97. The molecular formula is C23H21F2N3O6. The van der Waals surface area contributed by atoms with E-state index in [1.54, 1.807) is 31.2 Å². The molecule has 34 heavy (non-hydrogen) atoms. The zero-order valence-corrected chi connectivity index (χ0v) is 18.2. The topological polar surface area (TPSA) is 119 Å². The summed E-state index contributed by atoms with van der Waals surface area (Å²) < 4.78 is 40.1. The highest BCUT2D eigenvalue weighted by Crippen LogP contribution is 2.35. The van der Waals surface area contributed by atoms with Gasteiger partial charge in [-0.2, -0.15) is 4.39 Å². The number of aromatic nitrogens is 1. The minimum Gasteiger partial charge on any atom is -0.497 e. The summed E-state index contributed by atoms with van der Waals surface area (Å²) in [5, 5.41) is 14.3. The lowest BCUT2D eigenvalue weighted by Gasteiger charge is -2.27. The highest BCUT2D eigenvalue weighted by Gasteiger charge is 2.29. The van der Waals surface area contributed by atoms with Crippen LogP contribution < -0.4 is 25.5 Å². The molecule has 1 aliphatic rings. The molecule has 2 aromatic carbocycles. The van der Waals surface area contributed by atoms with Crippen LogP contribution in [0.4, 0.5) is 14.5 Å². The lowest BCUT2D eigenvalue weighted by molar-refractivity contribution is -0.118. The maximum Gasteiger partial charge on any atom is 0.257 e. The average molecular weight is 473 g/mol. The van der Waals surface area contributed by atoms with Gasteiger partial charge in [0.05, 0.1) is 30.7 Å². The van der Waals surface area contributed by atoms with Crippen LogP contribution in [0.5, 0.6) is 11.5 Å². The number of methoxy groups -OCH3 is 1. The van der Waals surface area contributed by atoms with Crippen LogP contribution >= 0.6 is 0 Å². The summed E-state index contributed by atoms with van der Waals surface area (Å²) in [6, 6.07) is 5.32. The van der Waals surface area contributed by atoms with Gasteiger partial charge >= 0.3 is 0 Å². The highest BCUT2D eigenvalue weighted by atomic mass is 19.2. The number of ether oxygens (including phenoxy) is 2. The third-order valence-electron chi connectivity index (χ3n) is 5.52. The van der Waals surface area contributed by atoms with Crippen molar-refractivity contribution in [3.8, 4) is 11.5 Å². The second kappa shape index (κ2) is 9.10. The fraction of sp³-hybridized carbons (Fsp3) is 0.261. The quantitative estimate of drug-likeness (QED) is 0.504. The van der Waals surface area contributed by atoms with Crippen molar-refractivity contribution in [2.75, 3.05) is 25.6 Å². The van der Waals surface area contributed by atoms with E-state index in [-0.39, 0.29) is 23.6 Å². The van der Waals surface area contributed by atoms with Gasteiger partial charge in [0.15, 0.2) is 11.6 Å². The smallest absolute Gasteiger partial charge is 0.257 e. The average Bonchev–Trinajstić information content (AvgIpc) is 2.83. The molecule has 1 aliphatic heterocycles. The van der Waals surface area contributed by atoms with Crippen molar-refractivity contribution in [3.63, 3.8) is 0 Å². The third kappa shape index (κ3) is 4.05. The van der Waals surface area contributed by atoms with Gasteiger partial charge in [0, 0.05) is 11.9 Å². The van der Waals surface area contributed by atoms with Gasteiger partial charge in [-0.3, -0.25) is 14.4 Å². The Bertz CT molecular complexity index is 1340. The van der Waals surface area contributed by atoms with Crippen molar-refractivity contribution in [2.45, 2.75) is 19.0 Å². The van der Waals surface area contributed by atoms with Crippen molar-refractivity contribution in [2.24, 2.45) is 0 Å². The molecule has 178 valence electrons. The van der Waals surface area contributed by atoms with Gasteiger partial charge in [-0.05, 0) is 37.3 Å². The van der Waals surface area contributed by atoms with Gasteiger partial charge < -0.3 is 29.8 Å². The Morgan fingerprint density at radius 3 is 2.65 bits per heavy atom. The second-order valence-corrected chi connectivity index (χ2v) is 7.76. The van der Waals surface area contributed by atoms with Crippen LogP contribution in [0.1, 0.15) is 23.3 Å². The normalized spacial score (nSPS) is 15.4. The van der Waals surface area contributed by atoms with Crippen molar-refractivity contribution in [1.82, 2.24) is 9.88 Å². The van der Waals surface area contributed by atoms with E-state index >= 15 is 0 Å². The molecule has 3 aromatic rings. The summed E-state index contributed by atoms with van der Waals surface area (Å²) >= 11 is 0. The van der Waals surface area contributed by atoms with Crippen LogP contribution in [0.25, 0.3) is 10.9 Å². The van der Waals surface area contributed by atoms with Crippen molar-refractivity contribution in [3.05, 3.63) is 63.9 Å². The number of carbonyl (C=O) groups excluding carboxylic acids is 2. The molecule has 11 heteroatoms. The number of anilines is 1. The lowest BCUT2D eigenvalue weighted by Crippen LogP contribution is -2.47. The molecule has 2 unspecified atom stereocenters. The molecule has 0 spiro atoms. The van der Waals surface area contributed by atoms with Gasteiger partial charge in [-0.15, -0.1) is 0 Å². The van der Waals surface area contributed by atoms with E-state index in [9.17, 15) is 28.3 Å². The maximum atomic E-state index is 14.2. The fourth-order valence-electron chi connectivity index (χ4n) is 3.69. The molecule has 4 rings (SSSR count). The Balaban J connectivity index is 1.64. The number of aliphatic hydroxyl groups is 1. The summed E-state index contributed by atoms with van der Waals surface area (Å²) in [5.74, 6) is -4.01. The fourth-order valence-corrected chi connectivity index (χ4v) is 3.69. The number of benzene rings is 2. The van der Waals surface area contributed by atoms with Crippen molar-refractivity contribution < 1.29 is 33.0 Å². The van der Waals surface area contributed by atoms with E-state index < -0.39 is 52.8 Å². The number of nitrogens with zero attached hydrogens (tertiary/aromatic N) is 1. The van der Waals surface area contributed by atoms with Crippen molar-refractivity contribution >= 4 is 28.4 Å². The van der Waals surface area contributed by atoms with Crippen LogP contribution in [0.15, 0.2) is 41.3 Å². The number of aliphatic hydroxyl groups excluding tert-OH is 1. The number of amides is 2. The van der Waals surface area contributed by atoms with Gasteiger partial charge in [0.2, 0.25) is 17.2 Å². The zero-order chi connectivity index (χ0) is 24.6. The largest absolute Gasteiger partial charge is 0.497 e. The summed E-state index contributed by atoms with van der Waals surface area (Å²) in [7, 11) is 1.49. The summed E-state index contributed by atoms with van der Waals surface area (Å²) in [6.07, 6.45) is 1.21. The number of rotatable bonds is 6. The van der Waals surface area contributed by atoms with Gasteiger partial charge in [0.25, 0.3) is 5.91 Å². The molecule has 0 saturated carbocycles. The molecule has 0 aliphatic carbocycles. The van der Waals surface area contributed by atoms with Gasteiger partial charge in [-0.25, -0.2) is 4.39 Å². The monoisotopic (exact) mass is 473 g/mol. The zero-order valence-electron chi connectivity index (χ0n) is 18.2. The Kier molecular flexibility index (Phi) is 6.20. The van der Waals surface area contributed by atoms with Crippen LogP contribution in [-0.4, -0.2) is 47.9 Å². The minimum atomic E-state index is -1.38. The van der Waals surface area contributed by atoms with Crippen LogP contribution in [0, 0.1) is 11.6 Å². The summed E-state index contributed by atoms with van der Waals surface area (Å²) in [5.41, 5.74) is -0.828. The molecule has 2 heterocycles. The third-order valence-corrected chi connectivity index (χ3v) is 5.52. The Labute approximate surface area is 191 Å². The highest BCUT2D eigenvalue weighted by molar-refractivity contribution is 6.03. The first-order valence-electron chi connectivity index (χ1n) is 10.3. The van der Waals surface area contributed by atoms with Crippen LogP contribution in [0.3, 0.4) is 0 Å². The van der Waals surface area contributed by atoms with Crippen molar-refractivity contribution in [1.29, 1.82) is 0 Å². The molecule has 1 aromatic heterocycles. The summed E-state index contributed by atoms with van der Waals surface area (Å²) in [6.45, 7) is 0.967. The first kappa shape index (κ1) is 23.2. The Morgan fingerprint density at radius 1 is 1.29 bits per heavy atom. The lowest BCUT2D eigenvalue weighted by atomic mass is 10.1. The maximum absolute atomic E-state index is 14.2. The molecule has 0 radical (unpaired) electrons. The Hall–Kier alpha value is -3.99. The van der Waals surface area contributed by atoms with E-state index in [0.29, 0.717) is 17.5 Å². The van der Waals surface area contributed by atoms with E-state index in [0.717, 1.165) is 0 Å². The molecule has 0 bridgehead atoms. The number of carbonyl (C=O) groups is 2. The molecular weight excluding hydrogens is 452 g/mol. The van der Waals surface area contributed by atoms with Crippen LogP contribution in [-0.2, 0) is 4.79 Å². The number of nitrogens with one attached hydrogen (secondary N) is 2. The van der Waals surface area contributed by atoms with Gasteiger partial charge in [0.1, 0.15) is 24.0 Å². The second-order valence-electron chi connectivity index (χ2n) is 7.76. The minimum absolute atomic E-state index is 0.00403. The summed E-state index contributed by atoms with van der Waals surface area (Å²) in [4.78, 5) is 38.5. The van der Waals surface area contributed by atoms with E-state index in [4.69, 9.17) is 9.47 Å². The SMILES string of the molecule is COc1ccc(NC(=O)C(CO)NC(=O)c2cn3c4c(c(F)c(F)cc4c2=O)OCC3C)cc1. The van der Waals surface area contributed by atoms with E-state index in [2.05, 4.69) is 10.6 Å². The number of hydrogen-bond donors (Lipinski definition) is 3. The molecule has 3 N–H and O–H groups in total. The number of hydrogen-bond acceptors (Lipinski definition) is 6. The van der Waals surface area contributed by atoms with Gasteiger partial charge in [-0.1, -0.05) is 0 Å². The Morgan fingerprint density at radius 2 is 2.00 bits per heavy atom. The molecule has 2 amide bonds. The first-order valence-corrected chi connectivity index (χ1v) is 10.3. The molecule has 0 saturated heterocycles. The molecule has 2 atom stereocenters. The number of pyridine rings is 1. The van der Waals surface area contributed by atoms with E-state index in [1.165, 1.54) is 17.9 Å². The van der Waals surface area contributed by atoms with E-state index in [1.807, 2.05) is 0 Å². The first-order chi connectivity index (χ1) is 16.2. The van der Waals surface area contributed by atoms with Crippen LogP contribution in [0.2, 0.25) is 0 Å². The molecule has 0 fully saturated rings. The number of halogens is 2. The predicted molar refractivity (Wildman–Crippen MR) is 118 cm³/mol.